The van der Waals surface area contributed by atoms with Crippen molar-refractivity contribution in [1.29, 1.82) is 0 Å². The van der Waals surface area contributed by atoms with Crippen LogP contribution in [0.5, 0.6) is 0 Å². The fourth-order valence-corrected chi connectivity index (χ4v) is 1.62. The number of aliphatic hydroxyl groups is 2. The van der Waals surface area contributed by atoms with Gasteiger partial charge in [-0.1, -0.05) is 0 Å². The van der Waals surface area contributed by atoms with E-state index in [9.17, 15) is 8.53 Å². The molecule has 0 aliphatic carbocycles. The zero-order valence-corrected chi connectivity index (χ0v) is 10.3. The topological polar surface area (TPSA) is 86.6 Å². The monoisotopic (exact) mass is 285 g/mol. The Bertz CT molecular complexity index is 366. The molecule has 0 aliphatic heterocycles. The van der Waals surface area contributed by atoms with E-state index < -0.39 is 21.8 Å². The van der Waals surface area contributed by atoms with Crippen LogP contribution in [-0.2, 0) is 3.74 Å². The minimum absolute atomic E-state index is 0.00451. The van der Waals surface area contributed by atoms with Gasteiger partial charge in [0.15, 0.2) is 0 Å². The number of carbonyl (C=O) groups is 1. The Morgan fingerprint density at radius 1 is 1.38 bits per heavy atom. The first-order valence-corrected chi connectivity index (χ1v) is 6.38. The molecule has 0 radical (unpaired) electrons. The summed E-state index contributed by atoms with van der Waals surface area (Å²) in [4.78, 5) is 11.5. The van der Waals surface area contributed by atoms with Crippen LogP contribution in [0.15, 0.2) is 24.3 Å². The van der Waals surface area contributed by atoms with Gasteiger partial charge in [0.2, 0.25) is 0 Å². The molecule has 0 heterocycles. The number of carbonyl (C=O) groups excluding carboxylic acids is 1. The third-order valence-corrected chi connectivity index (χ3v) is 3.01. The van der Waals surface area contributed by atoms with E-state index in [0.29, 0.717) is 9.91 Å². The van der Waals surface area contributed by atoms with E-state index in [1.165, 1.54) is 0 Å². The molecular formula is C10H12AsNO4. The van der Waals surface area contributed by atoms with E-state index in [1.807, 2.05) is 0 Å². The molecule has 1 rings (SSSR count). The first-order chi connectivity index (χ1) is 7.67. The molecule has 0 saturated carbocycles. The van der Waals surface area contributed by atoms with E-state index in [2.05, 4.69) is 5.32 Å². The predicted octanol–water partition coefficient (Wildman–Crippen LogP) is -1.56. The van der Waals surface area contributed by atoms with Gasteiger partial charge >= 0.3 is 99.1 Å². The van der Waals surface area contributed by atoms with Gasteiger partial charge in [0, 0.05) is 0 Å². The minimum atomic E-state index is -1.07. The second kappa shape index (κ2) is 6.53. The van der Waals surface area contributed by atoms with Gasteiger partial charge in [-0.2, -0.15) is 0 Å². The van der Waals surface area contributed by atoms with Crippen LogP contribution in [0.2, 0.25) is 0 Å². The van der Waals surface area contributed by atoms with Gasteiger partial charge in [0.05, 0.1) is 0 Å². The molecule has 0 bridgehead atoms. The molecule has 1 unspecified atom stereocenters. The van der Waals surface area contributed by atoms with Crippen LogP contribution in [-0.4, -0.2) is 51.1 Å². The van der Waals surface area contributed by atoms with E-state index in [0.717, 1.165) is 0 Å². The van der Waals surface area contributed by atoms with Crippen LogP contribution in [0, 0.1) is 0 Å². The second-order valence-corrected chi connectivity index (χ2v) is 4.65. The molecule has 5 nitrogen and oxygen atoms in total. The Morgan fingerprint density at radius 3 is 2.50 bits per heavy atom. The molecule has 6 heteroatoms. The van der Waals surface area contributed by atoms with Gasteiger partial charge in [-0.05, 0) is 0 Å². The SMILES string of the molecule is O=[As]c1ccc(C(=O)NCC(O)CO)cc1. The fourth-order valence-electron chi connectivity index (χ4n) is 1.05. The van der Waals surface area contributed by atoms with Crippen LogP contribution >= 0.6 is 0 Å². The molecule has 1 aromatic carbocycles. The van der Waals surface area contributed by atoms with Crippen LogP contribution in [0.3, 0.4) is 0 Å². The third-order valence-electron chi connectivity index (χ3n) is 1.94. The van der Waals surface area contributed by atoms with Crippen molar-refractivity contribution in [2.45, 2.75) is 6.10 Å². The number of hydrogen-bond acceptors (Lipinski definition) is 4. The van der Waals surface area contributed by atoms with Crippen LogP contribution < -0.4 is 9.67 Å². The Kier molecular flexibility index (Phi) is 5.32. The van der Waals surface area contributed by atoms with Gasteiger partial charge in [-0.15, -0.1) is 0 Å². The summed E-state index contributed by atoms with van der Waals surface area (Å²) >= 11 is -1.07. The maximum absolute atomic E-state index is 11.5. The van der Waals surface area contributed by atoms with E-state index in [4.69, 9.17) is 10.2 Å². The Morgan fingerprint density at radius 2 is 2.00 bits per heavy atom. The number of rotatable bonds is 5. The molecular weight excluding hydrogens is 273 g/mol. The summed E-state index contributed by atoms with van der Waals surface area (Å²) in [6.45, 7) is -0.385. The molecule has 86 valence electrons. The predicted molar refractivity (Wildman–Crippen MR) is 57.9 cm³/mol. The summed E-state index contributed by atoms with van der Waals surface area (Å²) in [6.07, 6.45) is -0.949. The number of nitrogens with one attached hydrogen (secondary N) is 1. The summed E-state index contributed by atoms with van der Waals surface area (Å²) < 4.78 is 11.3. The molecule has 1 aromatic rings. The van der Waals surface area contributed by atoms with Gasteiger partial charge in [0.25, 0.3) is 0 Å². The molecule has 16 heavy (non-hydrogen) atoms. The van der Waals surface area contributed by atoms with Crippen molar-refractivity contribution in [2.24, 2.45) is 0 Å². The number of aliphatic hydroxyl groups excluding tert-OH is 2. The van der Waals surface area contributed by atoms with Crippen molar-refractivity contribution in [3.8, 4) is 0 Å². The van der Waals surface area contributed by atoms with E-state index in [1.54, 1.807) is 24.3 Å². The molecule has 0 saturated heterocycles. The van der Waals surface area contributed by atoms with Crippen molar-refractivity contribution >= 4 is 25.9 Å². The maximum atomic E-state index is 11.5. The second-order valence-electron chi connectivity index (χ2n) is 3.18. The first kappa shape index (κ1) is 13.0. The number of hydrogen-bond donors (Lipinski definition) is 3. The molecule has 3 N–H and O–H groups in total. The first-order valence-electron chi connectivity index (χ1n) is 4.68. The zero-order valence-electron chi connectivity index (χ0n) is 8.46. The summed E-state index contributed by atoms with van der Waals surface area (Å²) in [7, 11) is 0. The Labute approximate surface area is 99.4 Å². The normalized spacial score (nSPS) is 12.4. The van der Waals surface area contributed by atoms with Crippen LogP contribution in [0.4, 0.5) is 0 Å². The quantitative estimate of drug-likeness (QED) is 0.571. The van der Waals surface area contributed by atoms with Gasteiger partial charge in [-0.3, -0.25) is 0 Å². The van der Waals surface area contributed by atoms with Crippen molar-refractivity contribution in [3.63, 3.8) is 0 Å². The Balaban J connectivity index is 2.56. The van der Waals surface area contributed by atoms with Crippen molar-refractivity contribution in [3.05, 3.63) is 29.8 Å². The summed E-state index contributed by atoms with van der Waals surface area (Å²) in [6, 6.07) is 6.40. The van der Waals surface area contributed by atoms with Crippen LogP contribution in [0.1, 0.15) is 10.4 Å². The molecule has 0 aliphatic rings. The van der Waals surface area contributed by atoms with E-state index in [-0.39, 0.29) is 19.1 Å². The Hall–Kier alpha value is -1.03. The third kappa shape index (κ3) is 3.85. The van der Waals surface area contributed by atoms with Crippen LogP contribution in [0.25, 0.3) is 0 Å². The van der Waals surface area contributed by atoms with E-state index >= 15 is 0 Å². The number of benzene rings is 1. The van der Waals surface area contributed by atoms with Gasteiger partial charge in [-0.25, -0.2) is 0 Å². The zero-order chi connectivity index (χ0) is 12.0. The average Bonchev–Trinajstić information content (AvgIpc) is 2.35. The molecule has 0 fully saturated rings. The summed E-state index contributed by atoms with van der Waals surface area (Å²) in [5.41, 5.74) is 0.434. The summed E-state index contributed by atoms with van der Waals surface area (Å²) in [5.74, 6) is -0.332. The number of amides is 1. The molecule has 0 spiro atoms. The van der Waals surface area contributed by atoms with Gasteiger partial charge in [0.1, 0.15) is 0 Å². The fraction of sp³-hybridized carbons (Fsp3) is 0.300. The molecule has 0 aromatic heterocycles. The molecule has 1 atom stereocenters. The summed E-state index contributed by atoms with van der Waals surface area (Å²) in [5, 5.41) is 20.1. The van der Waals surface area contributed by atoms with Gasteiger partial charge < -0.3 is 0 Å². The molecule has 1 amide bonds. The van der Waals surface area contributed by atoms with Crippen molar-refractivity contribution in [1.82, 2.24) is 5.32 Å². The standard InChI is InChI=1S/C10H12AsNO4/c13-6-9(14)5-12-10(15)7-1-3-8(11-16)4-2-7/h1-4,9,13-14H,5-6H2,(H,12,15). The average molecular weight is 285 g/mol. The van der Waals surface area contributed by atoms with Crippen molar-refractivity contribution < 1.29 is 18.7 Å². The van der Waals surface area contributed by atoms with Crippen molar-refractivity contribution in [2.75, 3.05) is 13.2 Å².